The zero-order chi connectivity index (χ0) is 32.1. The Morgan fingerprint density at radius 2 is 1.87 bits per heavy atom. The smallest absolute Gasteiger partial charge is 0.337 e. The van der Waals surface area contributed by atoms with Gasteiger partial charge < -0.3 is 19.3 Å². The standard InChI is InChI=1S/C35H34N2O7S/c1-20-18-25-23(11-13-28(37-25)43-19-22-8-6-7-9-27(22)45(5,40)41)31(29(20)33(34(38)39)44-35(2,3)4)24-10-12-26-30-21(15-17-42-26)14-16-36-32(24)30/h6-14,16,18,33H,15,17,19H2,1-5H3,(H,38,39)/t33-/m0/s1. The second kappa shape index (κ2) is 11.4. The number of carbonyl (C=O) groups is 1. The fraction of sp³-hybridized carbons (Fsp3) is 0.286. The van der Waals surface area contributed by atoms with E-state index in [9.17, 15) is 18.3 Å². The van der Waals surface area contributed by atoms with E-state index >= 15 is 0 Å². The van der Waals surface area contributed by atoms with E-state index in [4.69, 9.17) is 24.2 Å². The third kappa shape index (κ3) is 5.95. The molecule has 0 spiro atoms. The van der Waals surface area contributed by atoms with E-state index in [1.54, 1.807) is 36.5 Å². The first-order chi connectivity index (χ1) is 21.3. The molecule has 0 amide bonds. The minimum Gasteiger partial charge on any atom is -0.493 e. The number of hydrogen-bond donors (Lipinski definition) is 1. The first-order valence-electron chi connectivity index (χ1n) is 14.6. The van der Waals surface area contributed by atoms with Crippen LogP contribution in [-0.4, -0.2) is 47.9 Å². The summed E-state index contributed by atoms with van der Waals surface area (Å²) in [5.41, 5.74) is 4.77. The molecule has 3 aromatic carbocycles. The van der Waals surface area contributed by atoms with Gasteiger partial charge in [-0.05, 0) is 80.8 Å². The Morgan fingerprint density at radius 1 is 1.09 bits per heavy atom. The van der Waals surface area contributed by atoms with Crippen molar-refractivity contribution in [1.29, 1.82) is 0 Å². The summed E-state index contributed by atoms with van der Waals surface area (Å²) < 4.78 is 42.7. The van der Waals surface area contributed by atoms with E-state index in [0.29, 0.717) is 51.2 Å². The second-order valence-corrected chi connectivity index (χ2v) is 14.2. The van der Waals surface area contributed by atoms with Crippen molar-refractivity contribution in [1.82, 2.24) is 9.97 Å². The maximum absolute atomic E-state index is 12.8. The summed E-state index contributed by atoms with van der Waals surface area (Å²) in [6, 6.07) is 17.9. The average Bonchev–Trinajstić information content (AvgIpc) is 2.98. The number of aryl methyl sites for hydroxylation is 1. The maximum Gasteiger partial charge on any atom is 0.337 e. The molecule has 0 saturated heterocycles. The SMILES string of the molecule is Cc1cc2nc(OCc3ccccc3S(C)(=O)=O)ccc2c(-c2ccc3c4c(ccnc24)CCO3)c1[C@H](OC(C)(C)C)C(=O)O. The lowest BCUT2D eigenvalue weighted by molar-refractivity contribution is -0.160. The van der Waals surface area contributed by atoms with Crippen LogP contribution in [0.25, 0.3) is 32.9 Å². The number of nitrogens with zero attached hydrogens (tertiary/aromatic N) is 2. The van der Waals surface area contributed by atoms with Gasteiger partial charge in [0.1, 0.15) is 12.4 Å². The van der Waals surface area contributed by atoms with Gasteiger partial charge in [-0.15, -0.1) is 0 Å². The Morgan fingerprint density at radius 3 is 2.60 bits per heavy atom. The van der Waals surface area contributed by atoms with Crippen molar-refractivity contribution < 1.29 is 32.5 Å². The van der Waals surface area contributed by atoms with Crippen LogP contribution in [0, 0.1) is 6.92 Å². The quantitative estimate of drug-likeness (QED) is 0.202. The maximum atomic E-state index is 12.8. The van der Waals surface area contributed by atoms with E-state index in [1.807, 2.05) is 58.0 Å². The summed E-state index contributed by atoms with van der Waals surface area (Å²) in [6.45, 7) is 7.91. The van der Waals surface area contributed by atoms with Gasteiger partial charge in [-0.25, -0.2) is 18.2 Å². The van der Waals surface area contributed by atoms with Crippen LogP contribution in [0.2, 0.25) is 0 Å². The van der Waals surface area contributed by atoms with Gasteiger partial charge in [0.25, 0.3) is 0 Å². The van der Waals surface area contributed by atoms with Gasteiger partial charge in [0.05, 0.1) is 28.1 Å². The molecule has 0 fully saturated rings. The van der Waals surface area contributed by atoms with Crippen molar-refractivity contribution in [2.24, 2.45) is 0 Å². The van der Waals surface area contributed by atoms with Crippen LogP contribution in [0.15, 0.2) is 71.8 Å². The number of benzene rings is 3. The van der Waals surface area contributed by atoms with Gasteiger partial charge in [-0.2, -0.15) is 0 Å². The molecule has 232 valence electrons. The lowest BCUT2D eigenvalue weighted by atomic mass is 9.86. The van der Waals surface area contributed by atoms with Crippen LogP contribution in [0.5, 0.6) is 11.6 Å². The highest BCUT2D eigenvalue weighted by Crippen LogP contribution is 2.45. The highest BCUT2D eigenvalue weighted by molar-refractivity contribution is 7.90. The van der Waals surface area contributed by atoms with Crippen LogP contribution in [0.4, 0.5) is 0 Å². The second-order valence-electron chi connectivity index (χ2n) is 12.2. The Bertz CT molecular complexity index is 2070. The molecule has 2 aromatic heterocycles. The van der Waals surface area contributed by atoms with E-state index in [0.717, 1.165) is 28.7 Å². The van der Waals surface area contributed by atoms with Crippen LogP contribution in [0.1, 0.15) is 49.1 Å². The van der Waals surface area contributed by atoms with E-state index in [-0.39, 0.29) is 11.5 Å². The predicted molar refractivity (Wildman–Crippen MR) is 172 cm³/mol. The molecule has 45 heavy (non-hydrogen) atoms. The number of fused-ring (bicyclic) bond motifs is 1. The molecule has 9 nitrogen and oxygen atoms in total. The monoisotopic (exact) mass is 626 g/mol. The third-order valence-electron chi connectivity index (χ3n) is 7.76. The van der Waals surface area contributed by atoms with Gasteiger partial charge >= 0.3 is 5.97 Å². The molecule has 1 aliphatic heterocycles. The number of aromatic nitrogens is 2. The number of pyridine rings is 2. The highest BCUT2D eigenvalue weighted by atomic mass is 32.2. The molecule has 0 bridgehead atoms. The Kier molecular flexibility index (Phi) is 7.74. The Balaban J connectivity index is 1.55. The van der Waals surface area contributed by atoms with Crippen molar-refractivity contribution in [3.05, 3.63) is 89.1 Å². The van der Waals surface area contributed by atoms with Crippen molar-refractivity contribution in [3.63, 3.8) is 0 Å². The van der Waals surface area contributed by atoms with Gasteiger partial charge in [-0.3, -0.25) is 4.98 Å². The lowest BCUT2D eigenvalue weighted by Crippen LogP contribution is -2.28. The first-order valence-corrected chi connectivity index (χ1v) is 16.5. The number of rotatable bonds is 8. The van der Waals surface area contributed by atoms with Crippen LogP contribution in [-0.2, 0) is 32.4 Å². The molecular formula is C35H34N2O7S. The van der Waals surface area contributed by atoms with E-state index in [1.165, 1.54) is 6.26 Å². The largest absolute Gasteiger partial charge is 0.493 e. The van der Waals surface area contributed by atoms with Crippen molar-refractivity contribution in [2.75, 3.05) is 12.9 Å². The van der Waals surface area contributed by atoms with Gasteiger partial charge in [0.2, 0.25) is 5.88 Å². The lowest BCUT2D eigenvalue weighted by Gasteiger charge is -2.29. The molecule has 10 heteroatoms. The summed E-state index contributed by atoms with van der Waals surface area (Å²) in [4.78, 5) is 22.6. The molecule has 0 radical (unpaired) electrons. The minimum absolute atomic E-state index is 0.00494. The fourth-order valence-corrected chi connectivity index (χ4v) is 6.87. The van der Waals surface area contributed by atoms with Crippen LogP contribution >= 0.6 is 0 Å². The topological polar surface area (TPSA) is 125 Å². The fourth-order valence-electron chi connectivity index (χ4n) is 5.94. The molecule has 5 aromatic rings. The van der Waals surface area contributed by atoms with E-state index in [2.05, 4.69) is 0 Å². The first kappa shape index (κ1) is 30.5. The van der Waals surface area contributed by atoms with Crippen LogP contribution in [0.3, 0.4) is 0 Å². The van der Waals surface area contributed by atoms with Crippen LogP contribution < -0.4 is 9.47 Å². The molecule has 6 rings (SSSR count). The molecule has 0 saturated carbocycles. The molecular weight excluding hydrogens is 592 g/mol. The molecule has 1 aliphatic rings. The number of ether oxygens (including phenoxy) is 3. The number of sulfone groups is 1. The zero-order valence-electron chi connectivity index (χ0n) is 25.7. The normalized spacial score (nSPS) is 13.9. The summed E-state index contributed by atoms with van der Waals surface area (Å²) >= 11 is 0. The zero-order valence-corrected chi connectivity index (χ0v) is 26.6. The Labute approximate surface area is 261 Å². The van der Waals surface area contributed by atoms with Crippen molar-refractivity contribution in [2.45, 2.75) is 57.3 Å². The van der Waals surface area contributed by atoms with E-state index < -0.39 is 27.5 Å². The number of carboxylic acid groups (broad SMARTS) is 1. The number of aliphatic carboxylic acids is 1. The van der Waals surface area contributed by atoms with Gasteiger partial charge in [-0.1, -0.05) is 18.2 Å². The molecule has 3 heterocycles. The number of hydrogen-bond acceptors (Lipinski definition) is 8. The third-order valence-corrected chi connectivity index (χ3v) is 8.96. The van der Waals surface area contributed by atoms with Gasteiger partial charge in [0.15, 0.2) is 15.9 Å². The van der Waals surface area contributed by atoms with Crippen molar-refractivity contribution in [3.8, 4) is 22.8 Å². The summed E-state index contributed by atoms with van der Waals surface area (Å²) in [5, 5.41) is 12.1. The highest BCUT2D eigenvalue weighted by Gasteiger charge is 2.33. The average molecular weight is 627 g/mol. The Hall–Kier alpha value is -4.54. The molecule has 0 aliphatic carbocycles. The van der Waals surface area contributed by atoms with Crippen molar-refractivity contribution >= 4 is 37.6 Å². The summed E-state index contributed by atoms with van der Waals surface area (Å²) in [6.07, 6.45) is 2.41. The predicted octanol–water partition coefficient (Wildman–Crippen LogP) is 6.62. The minimum atomic E-state index is -3.44. The van der Waals surface area contributed by atoms with Gasteiger partial charge in [0, 0.05) is 52.4 Å². The number of carboxylic acids is 1. The summed E-state index contributed by atoms with van der Waals surface area (Å²) in [7, 11) is -3.44. The molecule has 0 unspecified atom stereocenters. The molecule has 1 N–H and O–H groups in total. The molecule has 1 atom stereocenters. The summed E-state index contributed by atoms with van der Waals surface area (Å²) in [5.74, 6) is -0.0660.